The van der Waals surface area contributed by atoms with E-state index in [0.717, 1.165) is 29.5 Å². The zero-order valence-electron chi connectivity index (χ0n) is 12.2. The zero-order valence-corrected chi connectivity index (χ0v) is 13.0. The predicted octanol–water partition coefficient (Wildman–Crippen LogP) is 2.66. The monoisotopic (exact) mass is 295 g/mol. The van der Waals surface area contributed by atoms with Crippen molar-refractivity contribution in [3.63, 3.8) is 0 Å². The smallest absolute Gasteiger partial charge is 0.344 e. The lowest BCUT2D eigenvalue weighted by Crippen LogP contribution is -2.17. The fraction of sp³-hybridized carbons (Fsp3) is 0.467. The normalized spacial score (nSPS) is 10.2. The number of thiocarbonyl (C=S) groups is 1. The average molecular weight is 295 g/mol. The van der Waals surface area contributed by atoms with E-state index in [2.05, 4.69) is 0 Å². The van der Waals surface area contributed by atoms with Crippen LogP contribution in [0.3, 0.4) is 0 Å². The van der Waals surface area contributed by atoms with Crippen molar-refractivity contribution in [1.82, 2.24) is 0 Å². The van der Waals surface area contributed by atoms with Crippen LogP contribution in [-0.4, -0.2) is 24.2 Å². The van der Waals surface area contributed by atoms with Gasteiger partial charge in [0.1, 0.15) is 10.7 Å². The number of nitrogens with two attached hydrogens (primary N) is 1. The van der Waals surface area contributed by atoms with Crippen molar-refractivity contribution in [2.75, 3.05) is 13.2 Å². The minimum Gasteiger partial charge on any atom is -0.481 e. The van der Waals surface area contributed by atoms with Gasteiger partial charge in [0.05, 0.1) is 6.61 Å². The highest BCUT2D eigenvalue weighted by Crippen LogP contribution is 2.24. The van der Waals surface area contributed by atoms with Gasteiger partial charge in [-0.25, -0.2) is 4.79 Å². The Kier molecular flexibility index (Phi) is 6.45. The molecule has 0 bridgehead atoms. The van der Waals surface area contributed by atoms with E-state index in [1.807, 2.05) is 32.9 Å². The Morgan fingerprint density at radius 2 is 1.90 bits per heavy atom. The number of esters is 1. The third kappa shape index (κ3) is 4.81. The Balaban J connectivity index is 2.64. The van der Waals surface area contributed by atoms with E-state index < -0.39 is 0 Å². The van der Waals surface area contributed by atoms with Crippen LogP contribution in [0.25, 0.3) is 0 Å². The lowest BCUT2D eigenvalue weighted by atomic mass is 10.1. The topological polar surface area (TPSA) is 61.5 Å². The molecule has 0 aromatic heterocycles. The Morgan fingerprint density at radius 3 is 2.40 bits per heavy atom. The van der Waals surface area contributed by atoms with Gasteiger partial charge in [0.25, 0.3) is 0 Å². The summed E-state index contributed by atoms with van der Waals surface area (Å²) in [5, 5.41) is 0. The molecule has 20 heavy (non-hydrogen) atoms. The average Bonchev–Trinajstić information content (AvgIpc) is 2.37. The maximum Gasteiger partial charge on any atom is 0.344 e. The van der Waals surface area contributed by atoms with Gasteiger partial charge in [-0.3, -0.25) is 0 Å². The molecular formula is C15H21NO3S. The molecule has 4 nitrogen and oxygen atoms in total. The van der Waals surface area contributed by atoms with Gasteiger partial charge < -0.3 is 15.2 Å². The van der Waals surface area contributed by atoms with Gasteiger partial charge in [-0.2, -0.15) is 0 Å². The van der Waals surface area contributed by atoms with E-state index in [-0.39, 0.29) is 12.6 Å². The quantitative estimate of drug-likeness (QED) is 0.476. The summed E-state index contributed by atoms with van der Waals surface area (Å²) in [6, 6.07) is 3.71. The molecule has 1 aromatic rings. The minimum absolute atomic E-state index is 0.0855. The Labute approximate surface area is 125 Å². The molecule has 0 aliphatic heterocycles. The highest BCUT2D eigenvalue weighted by molar-refractivity contribution is 7.80. The summed E-state index contributed by atoms with van der Waals surface area (Å²) in [7, 11) is 0. The molecule has 0 aliphatic rings. The standard InChI is InChI=1S/C15H21NO3S/c1-4-5-6-18-13(17)9-19-14-10(2)7-12(15(16)20)8-11(14)3/h7-8H,4-6,9H2,1-3H3,(H2,16,20). The number of unbranched alkanes of at least 4 members (excludes halogenated alkanes) is 1. The molecule has 2 N–H and O–H groups in total. The molecule has 1 aromatic carbocycles. The summed E-state index contributed by atoms with van der Waals surface area (Å²) in [5.41, 5.74) is 8.20. The summed E-state index contributed by atoms with van der Waals surface area (Å²) >= 11 is 4.95. The second-order valence-electron chi connectivity index (χ2n) is 4.67. The van der Waals surface area contributed by atoms with Gasteiger partial charge in [-0.1, -0.05) is 25.6 Å². The van der Waals surface area contributed by atoms with E-state index in [0.29, 0.717) is 17.3 Å². The summed E-state index contributed by atoms with van der Waals surface area (Å²) in [4.78, 5) is 11.8. The van der Waals surface area contributed by atoms with Crippen molar-refractivity contribution in [1.29, 1.82) is 0 Å². The molecule has 0 heterocycles. The highest BCUT2D eigenvalue weighted by Gasteiger charge is 2.10. The van der Waals surface area contributed by atoms with Crippen LogP contribution >= 0.6 is 12.2 Å². The van der Waals surface area contributed by atoms with Gasteiger partial charge in [-0.15, -0.1) is 0 Å². The Hall–Kier alpha value is -1.62. The van der Waals surface area contributed by atoms with Crippen LogP contribution in [0.15, 0.2) is 12.1 Å². The molecule has 0 fully saturated rings. The first-order valence-electron chi connectivity index (χ1n) is 6.65. The second-order valence-corrected chi connectivity index (χ2v) is 5.11. The summed E-state index contributed by atoms with van der Waals surface area (Å²) in [6.45, 7) is 6.19. The molecule has 0 saturated heterocycles. The summed E-state index contributed by atoms with van der Waals surface area (Å²) in [5.74, 6) is 0.327. The van der Waals surface area contributed by atoms with E-state index >= 15 is 0 Å². The number of rotatable bonds is 7. The van der Waals surface area contributed by atoms with Crippen molar-refractivity contribution in [2.45, 2.75) is 33.6 Å². The van der Waals surface area contributed by atoms with Crippen molar-refractivity contribution in [3.05, 3.63) is 28.8 Å². The van der Waals surface area contributed by atoms with Crippen molar-refractivity contribution >= 4 is 23.2 Å². The van der Waals surface area contributed by atoms with Gasteiger partial charge in [0, 0.05) is 5.56 Å². The molecule has 110 valence electrons. The van der Waals surface area contributed by atoms with Crippen LogP contribution in [0.5, 0.6) is 5.75 Å². The fourth-order valence-electron chi connectivity index (χ4n) is 1.82. The molecule has 0 unspecified atom stereocenters. The molecular weight excluding hydrogens is 274 g/mol. The van der Waals surface area contributed by atoms with Gasteiger partial charge in [0.15, 0.2) is 6.61 Å². The number of benzene rings is 1. The van der Waals surface area contributed by atoms with E-state index in [4.69, 9.17) is 27.4 Å². The highest BCUT2D eigenvalue weighted by atomic mass is 32.1. The number of aryl methyl sites for hydroxylation is 2. The summed E-state index contributed by atoms with van der Waals surface area (Å²) < 4.78 is 10.6. The molecule has 1 rings (SSSR count). The van der Waals surface area contributed by atoms with E-state index in [9.17, 15) is 4.79 Å². The molecule has 0 spiro atoms. The van der Waals surface area contributed by atoms with Crippen LogP contribution in [0.2, 0.25) is 0 Å². The van der Waals surface area contributed by atoms with E-state index in [1.165, 1.54) is 0 Å². The molecule has 0 radical (unpaired) electrons. The van der Waals surface area contributed by atoms with Crippen LogP contribution in [-0.2, 0) is 9.53 Å². The van der Waals surface area contributed by atoms with Crippen LogP contribution in [0.1, 0.15) is 36.5 Å². The van der Waals surface area contributed by atoms with E-state index in [1.54, 1.807) is 0 Å². The third-order valence-corrected chi connectivity index (χ3v) is 3.08. The van der Waals surface area contributed by atoms with Crippen molar-refractivity contribution in [3.8, 4) is 5.75 Å². The largest absolute Gasteiger partial charge is 0.481 e. The number of hydrogen-bond donors (Lipinski definition) is 1. The maximum atomic E-state index is 11.5. The molecule has 5 heteroatoms. The number of hydrogen-bond acceptors (Lipinski definition) is 4. The zero-order chi connectivity index (χ0) is 15.1. The van der Waals surface area contributed by atoms with Crippen LogP contribution in [0.4, 0.5) is 0 Å². The fourth-order valence-corrected chi connectivity index (χ4v) is 1.94. The van der Waals surface area contributed by atoms with Crippen LogP contribution in [0, 0.1) is 13.8 Å². The maximum absolute atomic E-state index is 11.5. The van der Waals surface area contributed by atoms with Crippen molar-refractivity contribution < 1.29 is 14.3 Å². The summed E-state index contributed by atoms with van der Waals surface area (Å²) in [6.07, 6.45) is 1.86. The third-order valence-electron chi connectivity index (χ3n) is 2.84. The van der Waals surface area contributed by atoms with Gasteiger partial charge in [-0.05, 0) is 43.5 Å². The van der Waals surface area contributed by atoms with Crippen molar-refractivity contribution in [2.24, 2.45) is 5.73 Å². The molecule has 0 atom stereocenters. The predicted molar refractivity (Wildman–Crippen MR) is 83.2 cm³/mol. The SMILES string of the molecule is CCCCOC(=O)COc1c(C)cc(C(N)=S)cc1C. The minimum atomic E-state index is -0.351. The molecule has 0 amide bonds. The van der Waals surface area contributed by atoms with Crippen LogP contribution < -0.4 is 10.5 Å². The second kappa shape index (κ2) is 7.85. The first kappa shape index (κ1) is 16.4. The Bertz CT molecular complexity index is 477. The van der Waals surface area contributed by atoms with Gasteiger partial charge in [0.2, 0.25) is 0 Å². The molecule has 0 aliphatic carbocycles. The van der Waals surface area contributed by atoms with Gasteiger partial charge >= 0.3 is 5.97 Å². The first-order chi connectivity index (χ1) is 9.45. The number of carbonyl (C=O) groups excluding carboxylic acids is 1. The number of carbonyl (C=O) groups is 1. The molecule has 0 saturated carbocycles. The Morgan fingerprint density at radius 1 is 1.30 bits per heavy atom. The lowest BCUT2D eigenvalue weighted by molar-refractivity contribution is -0.146. The number of ether oxygens (including phenoxy) is 2. The first-order valence-corrected chi connectivity index (χ1v) is 7.06. The lowest BCUT2D eigenvalue weighted by Gasteiger charge is -2.13.